The third-order valence-electron chi connectivity index (χ3n) is 3.83. The van der Waals surface area contributed by atoms with Gasteiger partial charge in [0.1, 0.15) is 6.33 Å². The van der Waals surface area contributed by atoms with Crippen molar-refractivity contribution in [2.45, 2.75) is 25.0 Å². The van der Waals surface area contributed by atoms with Crippen LogP contribution in [0.2, 0.25) is 0 Å². The second-order valence-corrected chi connectivity index (χ2v) is 6.58. The molecular weight excluding hydrogens is 286 g/mol. The molecule has 2 heterocycles. The zero-order chi connectivity index (χ0) is 14.7. The molecule has 7 heteroatoms. The summed E-state index contributed by atoms with van der Waals surface area (Å²) in [6, 6.07) is 8.29. The lowest BCUT2D eigenvalue weighted by atomic mass is 10.0. The number of tetrazole rings is 1. The minimum atomic E-state index is -0.550. The maximum atomic E-state index is 10.3. The Hall–Kier alpha value is -1.44. The smallest absolute Gasteiger partial charge is 0.143 e. The molecule has 0 amide bonds. The Bertz CT molecular complexity index is 566. The van der Waals surface area contributed by atoms with Crippen LogP contribution in [0.15, 0.2) is 30.6 Å². The van der Waals surface area contributed by atoms with Gasteiger partial charge in [-0.25, -0.2) is 4.68 Å². The van der Waals surface area contributed by atoms with E-state index in [1.54, 1.807) is 11.0 Å². The number of nitrogens with one attached hydrogen (secondary N) is 1. The first-order valence-electron chi connectivity index (χ1n) is 7.03. The molecule has 0 aliphatic carbocycles. The molecule has 2 atom stereocenters. The fourth-order valence-electron chi connectivity index (χ4n) is 2.39. The lowest BCUT2D eigenvalue weighted by Crippen LogP contribution is -2.41. The van der Waals surface area contributed by atoms with Gasteiger partial charge in [-0.1, -0.05) is 12.1 Å². The number of aromatic nitrogens is 4. The Balaban J connectivity index is 1.61. The van der Waals surface area contributed by atoms with E-state index in [1.165, 1.54) is 5.56 Å². The molecule has 112 valence electrons. The van der Waals surface area contributed by atoms with Gasteiger partial charge in [-0.05, 0) is 47.2 Å². The van der Waals surface area contributed by atoms with Crippen LogP contribution in [0.25, 0.3) is 5.69 Å². The van der Waals surface area contributed by atoms with Crippen LogP contribution in [0.4, 0.5) is 0 Å². The molecule has 1 aliphatic rings. The molecule has 1 aromatic heterocycles. The predicted molar refractivity (Wildman–Crippen MR) is 82.5 cm³/mol. The van der Waals surface area contributed by atoms with E-state index in [4.69, 9.17) is 0 Å². The molecule has 2 aromatic rings. The summed E-state index contributed by atoms with van der Waals surface area (Å²) in [7, 11) is 0. The lowest BCUT2D eigenvalue weighted by Gasteiger charge is -2.24. The van der Waals surface area contributed by atoms with E-state index in [2.05, 4.69) is 39.9 Å². The van der Waals surface area contributed by atoms with Gasteiger partial charge in [0.05, 0.1) is 11.3 Å². The second-order valence-electron chi connectivity index (χ2n) is 5.48. The molecule has 0 bridgehead atoms. The van der Waals surface area contributed by atoms with Crippen molar-refractivity contribution < 1.29 is 5.11 Å². The molecule has 21 heavy (non-hydrogen) atoms. The molecule has 2 unspecified atom stereocenters. The number of benzene rings is 1. The quantitative estimate of drug-likeness (QED) is 0.864. The van der Waals surface area contributed by atoms with Crippen LogP contribution in [0.1, 0.15) is 24.9 Å². The normalized spacial score (nSPS) is 23.3. The second kappa shape index (κ2) is 6.13. The van der Waals surface area contributed by atoms with Crippen LogP contribution in [0.3, 0.4) is 0 Å². The van der Waals surface area contributed by atoms with E-state index in [0.717, 1.165) is 23.6 Å². The van der Waals surface area contributed by atoms with Crippen LogP contribution in [-0.4, -0.2) is 49.0 Å². The Labute approximate surface area is 127 Å². The Morgan fingerprint density at radius 2 is 2.24 bits per heavy atom. The minimum absolute atomic E-state index is 0.197. The first kappa shape index (κ1) is 14.5. The van der Waals surface area contributed by atoms with E-state index in [0.29, 0.717) is 6.54 Å². The third kappa shape index (κ3) is 3.42. The Morgan fingerprint density at radius 3 is 2.86 bits per heavy atom. The van der Waals surface area contributed by atoms with E-state index >= 15 is 0 Å². The summed E-state index contributed by atoms with van der Waals surface area (Å²) < 4.78 is 1.63. The van der Waals surface area contributed by atoms with Gasteiger partial charge in [0.15, 0.2) is 0 Å². The molecule has 0 spiro atoms. The highest BCUT2D eigenvalue weighted by molar-refractivity contribution is 7.99. The summed E-state index contributed by atoms with van der Waals surface area (Å²) in [5, 5.41) is 24.9. The fraction of sp³-hybridized carbons (Fsp3) is 0.500. The van der Waals surface area contributed by atoms with Crippen LogP contribution in [0, 0.1) is 0 Å². The molecule has 1 aromatic carbocycles. The van der Waals surface area contributed by atoms with Gasteiger partial charge in [-0.15, -0.1) is 5.10 Å². The van der Waals surface area contributed by atoms with Crippen LogP contribution < -0.4 is 5.32 Å². The van der Waals surface area contributed by atoms with E-state index in [-0.39, 0.29) is 6.04 Å². The highest BCUT2D eigenvalue weighted by Crippen LogP contribution is 2.27. The lowest BCUT2D eigenvalue weighted by molar-refractivity contribution is 0.0651. The number of rotatable bonds is 5. The monoisotopic (exact) mass is 305 g/mol. The summed E-state index contributed by atoms with van der Waals surface area (Å²) >= 11 is 1.82. The van der Waals surface area contributed by atoms with Gasteiger partial charge >= 0.3 is 0 Å². The summed E-state index contributed by atoms with van der Waals surface area (Å²) in [5.41, 5.74) is 1.56. The molecule has 3 rings (SSSR count). The molecule has 0 saturated carbocycles. The number of thioether (sulfide) groups is 1. The zero-order valence-corrected chi connectivity index (χ0v) is 12.8. The minimum Gasteiger partial charge on any atom is -0.388 e. The van der Waals surface area contributed by atoms with Crippen molar-refractivity contribution in [1.82, 2.24) is 25.5 Å². The fourth-order valence-corrected chi connectivity index (χ4v) is 3.69. The SMILES string of the molecule is CC(NCC1(O)CCSC1)c1ccc(-n2cnnn2)cc1. The zero-order valence-electron chi connectivity index (χ0n) is 11.9. The molecule has 6 nitrogen and oxygen atoms in total. The van der Waals surface area contributed by atoms with Crippen molar-refractivity contribution in [1.29, 1.82) is 0 Å². The average Bonchev–Trinajstić information content (AvgIpc) is 3.17. The first-order valence-corrected chi connectivity index (χ1v) is 8.19. The van der Waals surface area contributed by atoms with Crippen molar-refractivity contribution >= 4 is 11.8 Å². The number of nitrogens with zero attached hydrogens (tertiary/aromatic N) is 4. The predicted octanol–water partition coefficient (Wildman–Crippen LogP) is 1.18. The van der Waals surface area contributed by atoms with Gasteiger partial charge < -0.3 is 10.4 Å². The van der Waals surface area contributed by atoms with Crippen molar-refractivity contribution in [2.75, 3.05) is 18.1 Å². The summed E-state index contributed by atoms with van der Waals surface area (Å²) in [6.45, 7) is 2.74. The maximum Gasteiger partial charge on any atom is 0.143 e. The van der Waals surface area contributed by atoms with Gasteiger partial charge in [0.2, 0.25) is 0 Å². The van der Waals surface area contributed by atoms with Gasteiger partial charge in [0.25, 0.3) is 0 Å². The first-order chi connectivity index (χ1) is 10.2. The summed E-state index contributed by atoms with van der Waals surface area (Å²) in [4.78, 5) is 0. The molecule has 0 radical (unpaired) electrons. The van der Waals surface area contributed by atoms with E-state index in [1.807, 2.05) is 23.9 Å². The third-order valence-corrected chi connectivity index (χ3v) is 5.06. The summed E-state index contributed by atoms with van der Waals surface area (Å²) in [5.74, 6) is 1.87. The Morgan fingerprint density at radius 1 is 1.43 bits per heavy atom. The van der Waals surface area contributed by atoms with E-state index in [9.17, 15) is 5.11 Å². The topological polar surface area (TPSA) is 75.9 Å². The molecule has 2 N–H and O–H groups in total. The van der Waals surface area contributed by atoms with Crippen LogP contribution >= 0.6 is 11.8 Å². The molecule has 1 aliphatic heterocycles. The van der Waals surface area contributed by atoms with Gasteiger partial charge in [-0.2, -0.15) is 11.8 Å². The Kier molecular flexibility index (Phi) is 4.23. The maximum absolute atomic E-state index is 10.3. The molecular formula is C14H19N5OS. The van der Waals surface area contributed by atoms with E-state index < -0.39 is 5.60 Å². The molecule has 1 saturated heterocycles. The number of hydrogen-bond acceptors (Lipinski definition) is 6. The number of hydrogen-bond donors (Lipinski definition) is 2. The van der Waals surface area contributed by atoms with Crippen LogP contribution in [0.5, 0.6) is 0 Å². The standard InChI is InChI=1S/C14H19N5OS/c1-11(15-8-14(20)6-7-21-9-14)12-2-4-13(5-3-12)19-10-16-17-18-19/h2-5,10-11,15,20H,6-9H2,1H3. The number of aliphatic hydroxyl groups is 1. The summed E-state index contributed by atoms with van der Waals surface area (Å²) in [6.07, 6.45) is 2.44. The van der Waals surface area contributed by atoms with Crippen molar-refractivity contribution in [3.8, 4) is 5.69 Å². The average molecular weight is 305 g/mol. The van der Waals surface area contributed by atoms with Gasteiger partial charge in [-0.3, -0.25) is 0 Å². The van der Waals surface area contributed by atoms with Crippen molar-refractivity contribution in [3.63, 3.8) is 0 Å². The highest BCUT2D eigenvalue weighted by atomic mass is 32.2. The largest absolute Gasteiger partial charge is 0.388 e. The van der Waals surface area contributed by atoms with Crippen molar-refractivity contribution in [3.05, 3.63) is 36.2 Å². The highest BCUT2D eigenvalue weighted by Gasteiger charge is 2.31. The van der Waals surface area contributed by atoms with Crippen molar-refractivity contribution in [2.24, 2.45) is 0 Å². The molecule has 1 fully saturated rings. The van der Waals surface area contributed by atoms with Crippen LogP contribution in [-0.2, 0) is 0 Å². The van der Waals surface area contributed by atoms with Gasteiger partial charge in [0, 0.05) is 18.3 Å².